The summed E-state index contributed by atoms with van der Waals surface area (Å²) in [5.41, 5.74) is -0.140. The molecule has 0 atom stereocenters. The summed E-state index contributed by atoms with van der Waals surface area (Å²) in [7, 11) is 0. The number of hydrogen-bond acceptors (Lipinski definition) is 3. The number of nitrogens with zero attached hydrogens (tertiary/aromatic N) is 1. The topological polar surface area (TPSA) is 62.1 Å². The first-order chi connectivity index (χ1) is 8.90. The maximum absolute atomic E-state index is 13.8. The Morgan fingerprint density at radius 3 is 2.74 bits per heavy atom. The van der Waals surface area contributed by atoms with Crippen LogP contribution in [0.3, 0.4) is 0 Å². The van der Waals surface area contributed by atoms with Gasteiger partial charge in [-0.2, -0.15) is 5.26 Å². The lowest BCUT2D eigenvalue weighted by Crippen LogP contribution is -2.40. The van der Waals surface area contributed by atoms with Gasteiger partial charge in [0, 0.05) is 0 Å². The van der Waals surface area contributed by atoms with E-state index in [0.29, 0.717) is 12.2 Å². The standard InChI is InChI=1S/C14H17FN2O2/c1-4-19-12-6-5-10(9-11(12)15)14(2,3)17-13(18)7-8-16/h5-6,9H,4,7H2,1-3H3,(H,17,18). The van der Waals surface area contributed by atoms with Crippen molar-refractivity contribution in [2.24, 2.45) is 0 Å². The minimum absolute atomic E-state index is 0.186. The van der Waals surface area contributed by atoms with Crippen LogP contribution in [0.5, 0.6) is 5.75 Å². The van der Waals surface area contributed by atoms with E-state index in [4.69, 9.17) is 10.00 Å². The zero-order valence-corrected chi connectivity index (χ0v) is 11.3. The Morgan fingerprint density at radius 1 is 1.53 bits per heavy atom. The fourth-order valence-corrected chi connectivity index (χ4v) is 1.70. The molecular formula is C14H17FN2O2. The van der Waals surface area contributed by atoms with Gasteiger partial charge in [-0.05, 0) is 38.5 Å². The van der Waals surface area contributed by atoms with E-state index in [1.54, 1.807) is 32.9 Å². The number of nitriles is 1. The highest BCUT2D eigenvalue weighted by Crippen LogP contribution is 2.25. The van der Waals surface area contributed by atoms with Crippen LogP contribution in [0.15, 0.2) is 18.2 Å². The van der Waals surface area contributed by atoms with E-state index in [2.05, 4.69) is 5.32 Å². The van der Waals surface area contributed by atoms with Crippen molar-refractivity contribution in [3.05, 3.63) is 29.6 Å². The van der Waals surface area contributed by atoms with Crippen LogP contribution in [-0.2, 0) is 10.3 Å². The number of nitrogens with one attached hydrogen (secondary N) is 1. The Kier molecular flexibility index (Phi) is 4.87. The maximum atomic E-state index is 13.8. The van der Waals surface area contributed by atoms with Crippen LogP contribution in [-0.4, -0.2) is 12.5 Å². The monoisotopic (exact) mass is 264 g/mol. The van der Waals surface area contributed by atoms with Crippen molar-refractivity contribution in [3.63, 3.8) is 0 Å². The molecule has 0 aliphatic carbocycles. The number of carbonyl (C=O) groups is 1. The van der Waals surface area contributed by atoms with Crippen molar-refractivity contribution in [1.29, 1.82) is 5.26 Å². The molecular weight excluding hydrogens is 247 g/mol. The van der Waals surface area contributed by atoms with Gasteiger partial charge in [0.1, 0.15) is 6.42 Å². The quantitative estimate of drug-likeness (QED) is 0.888. The first-order valence-corrected chi connectivity index (χ1v) is 6.01. The van der Waals surface area contributed by atoms with Gasteiger partial charge in [-0.1, -0.05) is 6.07 Å². The summed E-state index contributed by atoms with van der Waals surface area (Å²) in [5, 5.41) is 11.1. The molecule has 0 spiro atoms. The van der Waals surface area contributed by atoms with Crippen LogP contribution in [0, 0.1) is 17.1 Å². The molecule has 0 unspecified atom stereocenters. The van der Waals surface area contributed by atoms with Crippen LogP contribution in [0.25, 0.3) is 0 Å². The van der Waals surface area contributed by atoms with Gasteiger partial charge in [0.05, 0.1) is 18.2 Å². The van der Waals surface area contributed by atoms with Gasteiger partial charge in [-0.25, -0.2) is 4.39 Å². The van der Waals surface area contributed by atoms with E-state index in [9.17, 15) is 9.18 Å². The molecule has 0 aliphatic rings. The number of halogens is 1. The smallest absolute Gasteiger partial charge is 0.234 e. The molecule has 1 aromatic carbocycles. The van der Waals surface area contributed by atoms with Crippen molar-refractivity contribution in [3.8, 4) is 11.8 Å². The van der Waals surface area contributed by atoms with Gasteiger partial charge in [0.15, 0.2) is 11.6 Å². The summed E-state index contributed by atoms with van der Waals surface area (Å²) in [4.78, 5) is 11.4. The molecule has 4 nitrogen and oxygen atoms in total. The lowest BCUT2D eigenvalue weighted by Gasteiger charge is -2.26. The molecule has 0 bridgehead atoms. The number of benzene rings is 1. The van der Waals surface area contributed by atoms with E-state index in [1.165, 1.54) is 12.1 Å². The van der Waals surface area contributed by atoms with E-state index in [0.717, 1.165) is 0 Å². The molecule has 1 aromatic rings. The van der Waals surface area contributed by atoms with Crippen LogP contribution in [0.1, 0.15) is 32.8 Å². The van der Waals surface area contributed by atoms with Crippen molar-refractivity contribution in [2.75, 3.05) is 6.61 Å². The average molecular weight is 264 g/mol. The van der Waals surface area contributed by atoms with Crippen molar-refractivity contribution in [1.82, 2.24) is 5.32 Å². The third kappa shape index (κ3) is 3.95. The Hall–Kier alpha value is -2.09. The van der Waals surface area contributed by atoms with Gasteiger partial charge in [-0.3, -0.25) is 4.79 Å². The molecule has 1 rings (SSSR count). The second kappa shape index (κ2) is 6.19. The summed E-state index contributed by atoms with van der Waals surface area (Å²) in [6.07, 6.45) is -0.219. The van der Waals surface area contributed by atoms with Crippen molar-refractivity contribution < 1.29 is 13.9 Å². The van der Waals surface area contributed by atoms with Gasteiger partial charge in [0.2, 0.25) is 5.91 Å². The fraction of sp³-hybridized carbons (Fsp3) is 0.429. The Labute approximate surface area is 112 Å². The van der Waals surface area contributed by atoms with Crippen LogP contribution in [0.4, 0.5) is 4.39 Å². The van der Waals surface area contributed by atoms with E-state index >= 15 is 0 Å². The Balaban J connectivity index is 2.92. The average Bonchev–Trinajstić information content (AvgIpc) is 2.31. The van der Waals surface area contributed by atoms with E-state index in [-0.39, 0.29) is 18.1 Å². The second-order valence-electron chi connectivity index (χ2n) is 4.59. The molecule has 1 N–H and O–H groups in total. The number of ether oxygens (including phenoxy) is 1. The molecule has 0 aliphatic heterocycles. The number of carbonyl (C=O) groups excluding carboxylic acids is 1. The minimum Gasteiger partial charge on any atom is -0.491 e. The number of amides is 1. The van der Waals surface area contributed by atoms with Gasteiger partial charge >= 0.3 is 0 Å². The summed E-state index contributed by atoms with van der Waals surface area (Å²) in [6.45, 7) is 5.66. The highest BCUT2D eigenvalue weighted by molar-refractivity contribution is 5.78. The predicted octanol–water partition coefficient (Wildman–Crippen LogP) is 2.49. The number of hydrogen-bond donors (Lipinski definition) is 1. The predicted molar refractivity (Wildman–Crippen MR) is 69.0 cm³/mol. The normalized spacial score (nSPS) is 10.7. The van der Waals surface area contributed by atoms with Crippen LogP contribution >= 0.6 is 0 Å². The third-order valence-corrected chi connectivity index (χ3v) is 2.64. The molecule has 102 valence electrons. The summed E-state index contributed by atoms with van der Waals surface area (Å²) >= 11 is 0. The third-order valence-electron chi connectivity index (χ3n) is 2.64. The highest BCUT2D eigenvalue weighted by Gasteiger charge is 2.23. The summed E-state index contributed by atoms with van der Waals surface area (Å²) in [6, 6.07) is 6.33. The summed E-state index contributed by atoms with van der Waals surface area (Å²) in [5.74, 6) is -0.672. The first-order valence-electron chi connectivity index (χ1n) is 6.01. The highest BCUT2D eigenvalue weighted by atomic mass is 19.1. The first kappa shape index (κ1) is 15.0. The molecule has 0 aromatic heterocycles. The van der Waals surface area contributed by atoms with Gasteiger partial charge in [0.25, 0.3) is 0 Å². The number of rotatable bonds is 5. The zero-order valence-electron chi connectivity index (χ0n) is 11.3. The Morgan fingerprint density at radius 2 is 2.21 bits per heavy atom. The SMILES string of the molecule is CCOc1ccc(C(C)(C)NC(=O)CC#N)cc1F. The fourth-order valence-electron chi connectivity index (χ4n) is 1.70. The molecule has 5 heteroatoms. The zero-order chi connectivity index (χ0) is 14.5. The molecule has 0 saturated heterocycles. The van der Waals surface area contributed by atoms with Crippen LogP contribution < -0.4 is 10.1 Å². The molecule has 0 saturated carbocycles. The molecule has 0 radical (unpaired) electrons. The van der Waals surface area contributed by atoms with Gasteiger partial charge < -0.3 is 10.1 Å². The van der Waals surface area contributed by atoms with Crippen molar-refractivity contribution in [2.45, 2.75) is 32.7 Å². The van der Waals surface area contributed by atoms with E-state index in [1.807, 2.05) is 0 Å². The molecule has 0 fully saturated rings. The maximum Gasteiger partial charge on any atom is 0.234 e. The lowest BCUT2D eigenvalue weighted by molar-refractivity contribution is -0.121. The van der Waals surface area contributed by atoms with Crippen LogP contribution in [0.2, 0.25) is 0 Å². The molecule has 19 heavy (non-hydrogen) atoms. The summed E-state index contributed by atoms with van der Waals surface area (Å²) < 4.78 is 18.9. The minimum atomic E-state index is -0.750. The Bertz CT molecular complexity index is 507. The second-order valence-corrected chi connectivity index (χ2v) is 4.59. The molecule has 1 amide bonds. The molecule has 0 heterocycles. The van der Waals surface area contributed by atoms with E-state index < -0.39 is 11.4 Å². The lowest BCUT2D eigenvalue weighted by atomic mass is 9.94. The largest absolute Gasteiger partial charge is 0.491 e. The van der Waals surface area contributed by atoms with Crippen molar-refractivity contribution >= 4 is 5.91 Å². The van der Waals surface area contributed by atoms with Gasteiger partial charge in [-0.15, -0.1) is 0 Å².